The van der Waals surface area contributed by atoms with E-state index in [0.717, 1.165) is 66.9 Å². The molecule has 0 atom stereocenters. The van der Waals surface area contributed by atoms with Crippen LogP contribution in [-0.2, 0) is 21.7 Å². The van der Waals surface area contributed by atoms with Crippen LogP contribution in [0.15, 0.2) is 134 Å². The van der Waals surface area contributed by atoms with Gasteiger partial charge in [-0.15, -0.1) is 0 Å². The van der Waals surface area contributed by atoms with Crippen LogP contribution in [0.5, 0.6) is 5.75 Å². The summed E-state index contributed by atoms with van der Waals surface area (Å²) in [6.07, 6.45) is 2.00. The molecule has 0 aliphatic carbocycles. The molecule has 8 aromatic rings. The van der Waals surface area contributed by atoms with Gasteiger partial charge in [0.05, 0.1) is 11.3 Å². The third kappa shape index (κ3) is 9.40. The number of pyridine rings is 1. The average Bonchev–Trinajstić information content (AvgIpc) is 3.68. The van der Waals surface area contributed by atoms with E-state index in [9.17, 15) is 5.11 Å². The predicted octanol–water partition coefficient (Wildman–Crippen LogP) is 16.5. The molecule has 70 heavy (non-hydrogen) atoms. The molecule has 0 bridgehead atoms. The minimum atomic E-state index is -2.12. The number of fused-ring (bicyclic) bond motifs is 2. The summed E-state index contributed by atoms with van der Waals surface area (Å²) in [5.41, 5.74) is 16.3. The molecule has 3 heterocycles. The van der Waals surface area contributed by atoms with E-state index >= 15 is 0 Å². The zero-order valence-electron chi connectivity index (χ0n) is 44.9. The predicted molar refractivity (Wildman–Crippen MR) is 306 cm³/mol. The van der Waals surface area contributed by atoms with Gasteiger partial charge in [0, 0.05) is 11.1 Å². The van der Waals surface area contributed by atoms with Crippen molar-refractivity contribution in [2.75, 3.05) is 0 Å². The van der Waals surface area contributed by atoms with Crippen molar-refractivity contribution in [3.8, 4) is 67.5 Å². The van der Waals surface area contributed by atoms with Gasteiger partial charge >= 0.3 is 222 Å². The van der Waals surface area contributed by atoms with Crippen molar-refractivity contribution in [1.82, 2.24) is 14.5 Å². The zero-order chi connectivity index (χ0) is 50.5. The van der Waals surface area contributed by atoms with E-state index in [1.807, 2.05) is 6.20 Å². The number of hydrogen-bond donors (Lipinski definition) is 1. The van der Waals surface area contributed by atoms with Crippen molar-refractivity contribution in [3.63, 3.8) is 0 Å². The number of rotatable bonds is 6. The molecule has 0 fully saturated rings. The molecule has 1 aliphatic heterocycles. The first-order valence-corrected chi connectivity index (χ1v) is 39.0. The maximum absolute atomic E-state index is 12.6. The van der Waals surface area contributed by atoms with Crippen LogP contribution in [-0.4, -0.2) is 46.2 Å². The molecule has 0 amide bonds. The monoisotopic (exact) mass is 1050 g/mol. The van der Waals surface area contributed by atoms with Gasteiger partial charge in [-0.25, -0.2) is 0 Å². The molecular weight excluding hydrogens is 972 g/mol. The Morgan fingerprint density at radius 1 is 0.471 bits per heavy atom. The molecular formula is C64H75Ge2N3O. The number of nitrogens with zero attached hydrogens (tertiary/aromatic N) is 3. The molecule has 4 nitrogen and oxygen atoms in total. The van der Waals surface area contributed by atoms with Crippen LogP contribution in [0.25, 0.3) is 72.7 Å². The van der Waals surface area contributed by atoms with Gasteiger partial charge in [-0.05, 0) is 57.2 Å². The second-order valence-corrected chi connectivity index (χ2v) is 45.9. The van der Waals surface area contributed by atoms with Gasteiger partial charge < -0.3 is 5.11 Å². The Hall–Kier alpha value is -5.17. The van der Waals surface area contributed by atoms with E-state index in [1.165, 1.54) is 32.8 Å². The van der Waals surface area contributed by atoms with E-state index in [1.54, 1.807) is 8.79 Å². The molecule has 0 saturated heterocycles. The Kier molecular flexibility index (Phi) is 12.5. The molecule has 6 heteroatoms. The summed E-state index contributed by atoms with van der Waals surface area (Å²) in [7, 11) is 0. The summed E-state index contributed by atoms with van der Waals surface area (Å²) in [5, 5.41) is 15.5. The molecule has 2 aromatic heterocycles. The van der Waals surface area contributed by atoms with Crippen LogP contribution >= 0.6 is 0 Å². The van der Waals surface area contributed by atoms with Crippen molar-refractivity contribution in [3.05, 3.63) is 156 Å². The number of benzene rings is 6. The van der Waals surface area contributed by atoms with Gasteiger partial charge in [0.25, 0.3) is 0 Å². The van der Waals surface area contributed by atoms with Crippen LogP contribution in [0.1, 0.15) is 105 Å². The van der Waals surface area contributed by atoms with Crippen LogP contribution in [0.2, 0.25) is 33.5 Å². The topological polar surface area (TPSA) is 50.9 Å². The number of aromatic hydroxyl groups is 1. The van der Waals surface area contributed by atoms with Crippen molar-refractivity contribution in [1.29, 1.82) is 0 Å². The van der Waals surface area contributed by atoms with E-state index in [0.29, 0.717) is 5.82 Å². The first-order chi connectivity index (χ1) is 32.6. The third-order valence-electron chi connectivity index (χ3n) is 15.3. The molecule has 0 radical (unpaired) electrons. The first kappa shape index (κ1) is 49.8. The summed E-state index contributed by atoms with van der Waals surface area (Å²) in [4.78, 5) is 10.8. The van der Waals surface area contributed by atoms with E-state index < -0.39 is 26.5 Å². The van der Waals surface area contributed by atoms with Crippen LogP contribution < -0.4 is 8.79 Å². The minimum absolute atomic E-state index is 0.0707. The Labute approximate surface area is 424 Å². The molecule has 9 rings (SSSR count). The Morgan fingerprint density at radius 2 is 1.09 bits per heavy atom. The van der Waals surface area contributed by atoms with Gasteiger partial charge in [-0.3, -0.25) is 4.57 Å². The van der Waals surface area contributed by atoms with E-state index in [4.69, 9.17) is 9.97 Å². The first-order valence-electron chi connectivity index (χ1n) is 25.5. The normalized spacial score (nSPS) is 15.0. The summed E-state index contributed by atoms with van der Waals surface area (Å²) >= 11 is -4.15. The fourth-order valence-corrected chi connectivity index (χ4v) is 40.9. The number of phenols is 1. The van der Waals surface area contributed by atoms with Gasteiger partial charge in [0.15, 0.2) is 0 Å². The van der Waals surface area contributed by atoms with Crippen molar-refractivity contribution in [2.24, 2.45) is 0 Å². The summed E-state index contributed by atoms with van der Waals surface area (Å²) in [6, 6.07) is 47.6. The molecule has 1 N–H and O–H groups in total. The van der Waals surface area contributed by atoms with E-state index in [2.05, 4.69) is 238 Å². The molecule has 360 valence electrons. The zero-order valence-corrected chi connectivity index (χ0v) is 49.1. The number of phenolic OH excluding ortho intramolecular Hbond substituents is 1. The SMILES string of the molecule is CC(C)(C)c1cc(-c2cc(-c3cc[c]4[c](c3)[Ge]([CH3])([CH3])[CH2][CH2][Ge]4([CH3])[CH3])ccn2)cc(-c2cccc3c2nc(-c2cc(C(C)(C)C)cc(C(C)(C)C)c2O)n3-c2ccc(C(C)(C)C)cc2-c2ccccc2)c1. The average molecular weight is 1050 g/mol. The van der Waals surface area contributed by atoms with Gasteiger partial charge in [-0.1, -0.05) is 105 Å². The Bertz CT molecular complexity index is 3310. The van der Waals surface area contributed by atoms with Crippen molar-refractivity contribution < 1.29 is 5.11 Å². The van der Waals surface area contributed by atoms with Crippen LogP contribution in [0.4, 0.5) is 0 Å². The van der Waals surface area contributed by atoms with Gasteiger partial charge in [-0.2, -0.15) is 0 Å². The molecule has 1 aliphatic rings. The van der Waals surface area contributed by atoms with Crippen LogP contribution in [0.3, 0.4) is 0 Å². The second kappa shape index (κ2) is 17.5. The number of aromatic nitrogens is 3. The molecule has 0 saturated carbocycles. The molecule has 0 unspecified atom stereocenters. The van der Waals surface area contributed by atoms with Crippen molar-refractivity contribution >= 4 is 46.4 Å². The summed E-state index contributed by atoms with van der Waals surface area (Å²) < 4.78 is 5.78. The molecule has 6 aromatic carbocycles. The van der Waals surface area contributed by atoms with Crippen molar-refractivity contribution in [2.45, 2.75) is 138 Å². The number of hydrogen-bond acceptors (Lipinski definition) is 3. The number of imidazole rings is 1. The maximum atomic E-state index is 12.6. The fraction of sp³-hybridized carbons (Fsp3) is 0.344. The van der Waals surface area contributed by atoms with Gasteiger partial charge in [0.1, 0.15) is 11.6 Å². The second-order valence-electron chi connectivity index (χ2n) is 25.7. The standard InChI is InChI=1S/C64H75Ge2N3O/c1-61(2,3)46-26-28-56(50(38-46)41-21-18-17-19-22-41)69-57-24-20-23-49(58(57)68-60(69)51-39-48(63(7,8)9)40-52(59(51)70)64(10,11)12)44-33-45(35-47(34-44)62(4,5)6)55-37-43(29-32-67-55)42-25-27-53-54(36-42)66(15,16)31-30-65(53,13)14/h17-29,32-40,70H,30-31H2,1-16H3. The Morgan fingerprint density at radius 3 is 1.74 bits per heavy atom. The Balaban J connectivity index is 1.31. The third-order valence-corrected chi connectivity index (χ3v) is 32.7. The van der Waals surface area contributed by atoms with Crippen LogP contribution in [0, 0.1) is 0 Å². The molecule has 0 spiro atoms. The number of para-hydroxylation sites is 1. The van der Waals surface area contributed by atoms with E-state index in [-0.39, 0.29) is 27.4 Å². The fourth-order valence-electron chi connectivity index (χ4n) is 10.5. The van der Waals surface area contributed by atoms with Gasteiger partial charge in [0.2, 0.25) is 0 Å². The summed E-state index contributed by atoms with van der Waals surface area (Å²) in [5.74, 6) is 11.4. The quantitative estimate of drug-likeness (QED) is 0.169. The summed E-state index contributed by atoms with van der Waals surface area (Å²) in [6.45, 7) is 27.0.